The summed E-state index contributed by atoms with van der Waals surface area (Å²) in [5.74, 6) is 0.619. The highest BCUT2D eigenvalue weighted by molar-refractivity contribution is 5.84. The van der Waals surface area contributed by atoms with Crippen LogP contribution in [0.5, 0.6) is 5.75 Å². The van der Waals surface area contributed by atoms with Crippen LogP contribution in [-0.4, -0.2) is 64.1 Å². The van der Waals surface area contributed by atoms with Crippen molar-refractivity contribution in [1.82, 2.24) is 24.5 Å². The van der Waals surface area contributed by atoms with Gasteiger partial charge in [-0.25, -0.2) is 18.8 Å². The molecule has 0 aliphatic carbocycles. The van der Waals surface area contributed by atoms with Crippen LogP contribution in [0.25, 0.3) is 17.0 Å². The topological polar surface area (TPSA) is 143 Å². The number of nitrogens with zero attached hydrogens (tertiary/aromatic N) is 7. The Hall–Kier alpha value is -3.71. The molecule has 0 amide bonds. The Morgan fingerprint density at radius 2 is 1.88 bits per heavy atom. The fourth-order valence-corrected chi connectivity index (χ4v) is 3.90. The summed E-state index contributed by atoms with van der Waals surface area (Å²) in [6.07, 6.45) is 0.525. The average Bonchev–Trinajstić information content (AvgIpc) is 3.26. The van der Waals surface area contributed by atoms with Crippen LogP contribution >= 0.6 is 0 Å². The Morgan fingerprint density at radius 3 is 2.56 bits per heavy atom. The maximum atomic E-state index is 14.1. The van der Waals surface area contributed by atoms with Crippen molar-refractivity contribution in [2.75, 3.05) is 38.3 Å². The number of nitrogens with two attached hydrogens (primary N) is 2. The molecule has 178 valence electrons. The second kappa shape index (κ2) is 8.57. The first-order valence-corrected chi connectivity index (χ1v) is 10.6. The van der Waals surface area contributed by atoms with Gasteiger partial charge in [0.15, 0.2) is 11.6 Å². The second-order valence-electron chi connectivity index (χ2n) is 7.92. The van der Waals surface area contributed by atoms with Gasteiger partial charge in [0.2, 0.25) is 11.9 Å². The minimum Gasteiger partial charge on any atom is -0.494 e. The van der Waals surface area contributed by atoms with E-state index < -0.39 is 17.8 Å². The second-order valence-corrected chi connectivity index (χ2v) is 7.92. The minimum absolute atomic E-state index is 0.0294. The van der Waals surface area contributed by atoms with Crippen molar-refractivity contribution in [2.45, 2.75) is 18.4 Å². The third-order valence-electron chi connectivity index (χ3n) is 5.70. The van der Waals surface area contributed by atoms with Crippen molar-refractivity contribution in [2.24, 2.45) is 16.5 Å². The van der Waals surface area contributed by atoms with E-state index in [9.17, 15) is 8.78 Å². The van der Waals surface area contributed by atoms with Crippen molar-refractivity contribution in [3.05, 3.63) is 41.7 Å². The highest BCUT2D eigenvalue weighted by atomic mass is 19.3. The first-order chi connectivity index (χ1) is 16.4. The van der Waals surface area contributed by atoms with Gasteiger partial charge >= 0.3 is 0 Å². The van der Waals surface area contributed by atoms with E-state index in [4.69, 9.17) is 20.9 Å². The molecule has 1 atom stereocenters. The average molecular weight is 471 g/mol. The van der Waals surface area contributed by atoms with Crippen LogP contribution in [0.3, 0.4) is 0 Å². The maximum Gasteiger partial charge on any atom is 0.296 e. The highest BCUT2D eigenvalue weighted by Crippen LogP contribution is 2.33. The van der Waals surface area contributed by atoms with Crippen molar-refractivity contribution in [3.8, 4) is 11.7 Å². The molecule has 1 unspecified atom stereocenters. The van der Waals surface area contributed by atoms with Gasteiger partial charge in [0.05, 0.1) is 25.8 Å². The molecule has 4 N–H and O–H groups in total. The normalized spacial score (nSPS) is 20.7. The van der Waals surface area contributed by atoms with Gasteiger partial charge in [0.25, 0.3) is 6.43 Å². The fourth-order valence-electron chi connectivity index (χ4n) is 3.90. The van der Waals surface area contributed by atoms with Gasteiger partial charge < -0.3 is 25.8 Å². The fraction of sp³-hybridized carbons (Fsp3) is 0.381. The van der Waals surface area contributed by atoms with Crippen molar-refractivity contribution < 1.29 is 18.3 Å². The highest BCUT2D eigenvalue weighted by Gasteiger charge is 2.33. The van der Waals surface area contributed by atoms with Gasteiger partial charge in [-0.15, -0.1) is 0 Å². The number of hydrogen-bond acceptors (Lipinski definition) is 10. The van der Waals surface area contributed by atoms with E-state index in [1.807, 2.05) is 4.90 Å². The van der Waals surface area contributed by atoms with Gasteiger partial charge in [0.1, 0.15) is 22.6 Å². The minimum atomic E-state index is -2.89. The van der Waals surface area contributed by atoms with E-state index in [0.717, 1.165) is 0 Å². The smallest absolute Gasteiger partial charge is 0.296 e. The first kappa shape index (κ1) is 22.1. The lowest BCUT2D eigenvalue weighted by Gasteiger charge is -2.29. The van der Waals surface area contributed by atoms with E-state index in [1.165, 1.54) is 17.9 Å². The monoisotopic (exact) mass is 471 g/mol. The number of anilines is 1. The number of alkyl halides is 2. The zero-order chi connectivity index (χ0) is 23.9. The molecule has 0 bridgehead atoms. The molecule has 0 spiro atoms. The molecular formula is C21H23F2N9O2. The number of fused-ring (bicyclic) bond motifs is 1. The van der Waals surface area contributed by atoms with Gasteiger partial charge in [-0.05, 0) is 24.6 Å². The predicted molar refractivity (Wildman–Crippen MR) is 120 cm³/mol. The molecule has 1 fully saturated rings. The van der Waals surface area contributed by atoms with E-state index in [-0.39, 0.29) is 23.7 Å². The Balaban J connectivity index is 1.74. The third-order valence-corrected chi connectivity index (χ3v) is 5.70. The molecule has 5 rings (SSSR count). The van der Waals surface area contributed by atoms with Crippen molar-refractivity contribution in [3.63, 3.8) is 0 Å². The Morgan fingerprint density at radius 1 is 1.12 bits per heavy atom. The summed E-state index contributed by atoms with van der Waals surface area (Å²) >= 11 is 0. The molecule has 0 saturated carbocycles. The number of rotatable bonds is 5. The molecule has 0 radical (unpaired) electrons. The summed E-state index contributed by atoms with van der Waals surface area (Å²) in [6, 6.07) is 4.99. The van der Waals surface area contributed by atoms with Gasteiger partial charge in [-0.3, -0.25) is 4.57 Å². The number of imidazole rings is 1. The summed E-state index contributed by atoms with van der Waals surface area (Å²) in [5, 5.41) is 0. The summed E-state index contributed by atoms with van der Waals surface area (Å²) < 4.78 is 40.2. The number of aliphatic imine (C=N–C) groups is 1. The Bertz CT molecular complexity index is 1290. The van der Waals surface area contributed by atoms with Crippen molar-refractivity contribution in [1.29, 1.82) is 0 Å². The molecule has 1 aromatic carbocycles. The molecule has 3 aromatic rings. The van der Waals surface area contributed by atoms with E-state index in [2.05, 4.69) is 24.9 Å². The van der Waals surface area contributed by atoms with Crippen LogP contribution in [0.4, 0.5) is 14.7 Å². The first-order valence-electron chi connectivity index (χ1n) is 10.6. The predicted octanol–water partition coefficient (Wildman–Crippen LogP) is 1.42. The summed E-state index contributed by atoms with van der Waals surface area (Å²) in [7, 11) is 1.45. The lowest BCUT2D eigenvalue weighted by molar-refractivity contribution is 0.122. The van der Waals surface area contributed by atoms with Gasteiger partial charge in [0, 0.05) is 19.3 Å². The number of para-hydroxylation sites is 1. The number of aromatic nitrogens is 5. The molecular weight excluding hydrogens is 448 g/mol. The summed E-state index contributed by atoms with van der Waals surface area (Å²) in [6.45, 7) is 2.03. The molecule has 2 aliphatic heterocycles. The number of ether oxygens (including phenoxy) is 2. The number of methoxy groups -OCH3 is 1. The summed E-state index contributed by atoms with van der Waals surface area (Å²) in [4.78, 5) is 23.8. The molecule has 2 aromatic heterocycles. The maximum absolute atomic E-state index is 14.1. The lowest BCUT2D eigenvalue weighted by Crippen LogP contribution is -2.43. The standard InChI is InChI=1S/C21H23F2N9O2/c1-33-13-4-2-3-12-15(13)27-17(16(22)23)32(12)20-29-18(21(25)6-5-14(24)26-11-21)28-19(30-20)31-7-9-34-10-8-31/h2-5,11,16H,6-10,24-25H2,1H3. The molecule has 13 heteroatoms. The number of hydrogen-bond donors (Lipinski definition) is 2. The van der Waals surface area contributed by atoms with E-state index in [0.29, 0.717) is 49.3 Å². The Kier molecular flexibility index (Phi) is 5.57. The van der Waals surface area contributed by atoms with Crippen LogP contribution in [0, 0.1) is 0 Å². The summed E-state index contributed by atoms with van der Waals surface area (Å²) in [5.41, 5.74) is 11.8. The number of halogens is 2. The van der Waals surface area contributed by atoms with Crippen LogP contribution in [0.1, 0.15) is 24.5 Å². The van der Waals surface area contributed by atoms with Crippen LogP contribution in [0.2, 0.25) is 0 Å². The molecule has 4 heterocycles. The van der Waals surface area contributed by atoms with Gasteiger partial charge in [-0.1, -0.05) is 6.07 Å². The van der Waals surface area contributed by atoms with E-state index >= 15 is 0 Å². The number of benzene rings is 1. The quantitative estimate of drug-likeness (QED) is 0.565. The largest absolute Gasteiger partial charge is 0.494 e. The zero-order valence-corrected chi connectivity index (χ0v) is 18.4. The van der Waals surface area contributed by atoms with E-state index in [1.54, 1.807) is 24.3 Å². The van der Waals surface area contributed by atoms with Crippen molar-refractivity contribution >= 4 is 23.2 Å². The van der Waals surface area contributed by atoms with Crippen LogP contribution < -0.4 is 21.1 Å². The SMILES string of the molecule is COc1cccc2c1nc(C(F)F)n2-c1nc(N2CCOCC2)nc(C2(N)C=NC(N)=CC2)n1. The van der Waals surface area contributed by atoms with Gasteiger partial charge in [-0.2, -0.15) is 15.0 Å². The molecule has 34 heavy (non-hydrogen) atoms. The Labute approximate surface area is 193 Å². The molecule has 2 aliphatic rings. The van der Waals surface area contributed by atoms with Crippen LogP contribution in [0.15, 0.2) is 35.1 Å². The number of morpholine rings is 1. The third kappa shape index (κ3) is 3.82. The molecule has 11 nitrogen and oxygen atoms in total. The zero-order valence-electron chi connectivity index (χ0n) is 18.4. The lowest BCUT2D eigenvalue weighted by atomic mass is 9.95. The molecule has 1 saturated heterocycles. The van der Waals surface area contributed by atoms with Crippen LogP contribution in [-0.2, 0) is 10.3 Å².